The SMILES string of the molecule is O=C(NOCC1CCNC1)c1ccc(F)cc1. The summed E-state index contributed by atoms with van der Waals surface area (Å²) in [6.45, 7) is 2.42. The van der Waals surface area contributed by atoms with Crippen molar-refractivity contribution in [3.05, 3.63) is 35.6 Å². The molecule has 1 aromatic carbocycles. The first kappa shape index (κ1) is 12.0. The topological polar surface area (TPSA) is 50.4 Å². The highest BCUT2D eigenvalue weighted by atomic mass is 19.1. The van der Waals surface area contributed by atoms with Crippen molar-refractivity contribution in [3.8, 4) is 0 Å². The third-order valence-electron chi connectivity index (χ3n) is 2.75. The minimum Gasteiger partial charge on any atom is -0.316 e. The maximum Gasteiger partial charge on any atom is 0.274 e. The third kappa shape index (κ3) is 3.51. The molecular weight excluding hydrogens is 223 g/mol. The summed E-state index contributed by atoms with van der Waals surface area (Å²) >= 11 is 0. The number of hydroxylamine groups is 1. The van der Waals surface area contributed by atoms with Gasteiger partial charge in [-0.2, -0.15) is 0 Å². The van der Waals surface area contributed by atoms with Crippen LogP contribution < -0.4 is 10.8 Å². The summed E-state index contributed by atoms with van der Waals surface area (Å²) in [4.78, 5) is 16.7. The largest absolute Gasteiger partial charge is 0.316 e. The van der Waals surface area contributed by atoms with Gasteiger partial charge in [-0.05, 0) is 43.1 Å². The fourth-order valence-corrected chi connectivity index (χ4v) is 1.74. The van der Waals surface area contributed by atoms with Gasteiger partial charge in [-0.3, -0.25) is 9.63 Å². The van der Waals surface area contributed by atoms with E-state index >= 15 is 0 Å². The van der Waals surface area contributed by atoms with Crippen molar-refractivity contribution in [1.29, 1.82) is 0 Å². The van der Waals surface area contributed by atoms with Gasteiger partial charge in [0.25, 0.3) is 5.91 Å². The first-order valence-electron chi connectivity index (χ1n) is 5.64. The molecule has 1 saturated heterocycles. The molecule has 1 aliphatic rings. The molecule has 1 aliphatic heterocycles. The molecule has 1 heterocycles. The van der Waals surface area contributed by atoms with E-state index in [4.69, 9.17) is 4.84 Å². The van der Waals surface area contributed by atoms with Crippen molar-refractivity contribution in [2.75, 3.05) is 19.7 Å². The van der Waals surface area contributed by atoms with E-state index in [-0.39, 0.29) is 11.7 Å². The lowest BCUT2D eigenvalue weighted by Crippen LogP contribution is -2.27. The van der Waals surface area contributed by atoms with E-state index in [1.807, 2.05) is 0 Å². The lowest BCUT2D eigenvalue weighted by Gasteiger charge is -2.09. The molecule has 1 unspecified atom stereocenters. The van der Waals surface area contributed by atoms with Crippen molar-refractivity contribution in [1.82, 2.24) is 10.8 Å². The molecule has 4 nitrogen and oxygen atoms in total. The number of amides is 1. The Kier molecular flexibility index (Phi) is 4.06. The fraction of sp³-hybridized carbons (Fsp3) is 0.417. The maximum atomic E-state index is 12.6. The van der Waals surface area contributed by atoms with Crippen molar-refractivity contribution in [2.45, 2.75) is 6.42 Å². The normalized spacial score (nSPS) is 19.2. The van der Waals surface area contributed by atoms with Gasteiger partial charge in [-0.25, -0.2) is 9.87 Å². The molecule has 0 aliphatic carbocycles. The molecule has 0 radical (unpaired) electrons. The molecule has 2 rings (SSSR count). The van der Waals surface area contributed by atoms with E-state index < -0.39 is 0 Å². The van der Waals surface area contributed by atoms with Crippen LogP contribution in [0.5, 0.6) is 0 Å². The molecule has 0 spiro atoms. The summed E-state index contributed by atoms with van der Waals surface area (Å²) in [5, 5.41) is 3.21. The fourth-order valence-electron chi connectivity index (χ4n) is 1.74. The molecule has 5 heteroatoms. The van der Waals surface area contributed by atoms with Crippen LogP contribution in [0.2, 0.25) is 0 Å². The number of halogens is 1. The summed E-state index contributed by atoms with van der Waals surface area (Å²) < 4.78 is 12.6. The Hall–Kier alpha value is -1.46. The third-order valence-corrected chi connectivity index (χ3v) is 2.75. The number of nitrogens with one attached hydrogen (secondary N) is 2. The summed E-state index contributed by atoms with van der Waals surface area (Å²) in [6, 6.07) is 5.34. The van der Waals surface area contributed by atoms with E-state index in [1.54, 1.807) is 0 Å². The number of hydrogen-bond donors (Lipinski definition) is 2. The van der Waals surface area contributed by atoms with Gasteiger partial charge in [0.15, 0.2) is 0 Å². The molecule has 92 valence electrons. The zero-order chi connectivity index (χ0) is 12.1. The summed E-state index contributed by atoms with van der Waals surface area (Å²) in [6.07, 6.45) is 1.06. The second-order valence-corrected chi connectivity index (χ2v) is 4.11. The van der Waals surface area contributed by atoms with Crippen LogP contribution >= 0.6 is 0 Å². The van der Waals surface area contributed by atoms with Crippen LogP contribution in [0.25, 0.3) is 0 Å². The van der Waals surface area contributed by atoms with Gasteiger partial charge in [-0.15, -0.1) is 0 Å². The lowest BCUT2D eigenvalue weighted by molar-refractivity contribution is 0.0188. The molecule has 1 atom stereocenters. The number of rotatable bonds is 4. The Morgan fingerprint density at radius 2 is 2.24 bits per heavy atom. The average Bonchev–Trinajstić information content (AvgIpc) is 2.83. The monoisotopic (exact) mass is 238 g/mol. The number of benzene rings is 1. The molecule has 0 aromatic heterocycles. The smallest absolute Gasteiger partial charge is 0.274 e. The molecule has 1 aromatic rings. The van der Waals surface area contributed by atoms with Crippen LogP contribution in [0.3, 0.4) is 0 Å². The van der Waals surface area contributed by atoms with E-state index in [0.29, 0.717) is 18.1 Å². The van der Waals surface area contributed by atoms with Crippen LogP contribution in [0.4, 0.5) is 4.39 Å². The van der Waals surface area contributed by atoms with Crippen LogP contribution in [0.15, 0.2) is 24.3 Å². The van der Waals surface area contributed by atoms with Crippen molar-refractivity contribution < 1.29 is 14.0 Å². The minimum atomic E-state index is -0.362. The van der Waals surface area contributed by atoms with Crippen LogP contribution in [-0.2, 0) is 4.84 Å². The second kappa shape index (κ2) is 5.75. The molecule has 17 heavy (non-hydrogen) atoms. The van der Waals surface area contributed by atoms with Crippen molar-refractivity contribution >= 4 is 5.91 Å². The Labute approximate surface area is 99.1 Å². The zero-order valence-electron chi connectivity index (χ0n) is 9.41. The molecule has 2 N–H and O–H groups in total. The van der Waals surface area contributed by atoms with Gasteiger partial charge in [0, 0.05) is 12.1 Å². The highest BCUT2D eigenvalue weighted by Gasteiger charge is 2.15. The molecule has 0 saturated carbocycles. The van der Waals surface area contributed by atoms with Gasteiger partial charge < -0.3 is 5.32 Å². The predicted molar refractivity (Wildman–Crippen MR) is 60.8 cm³/mol. The quantitative estimate of drug-likeness (QED) is 0.772. The van der Waals surface area contributed by atoms with Crippen molar-refractivity contribution in [3.63, 3.8) is 0 Å². The standard InChI is InChI=1S/C12H15FN2O2/c13-11-3-1-10(2-4-11)12(16)15-17-8-9-5-6-14-7-9/h1-4,9,14H,5-8H2,(H,15,16). The molecule has 1 fully saturated rings. The predicted octanol–water partition coefficient (Wildman–Crippen LogP) is 1.10. The van der Waals surface area contributed by atoms with Crippen LogP contribution in [0.1, 0.15) is 16.8 Å². The lowest BCUT2D eigenvalue weighted by atomic mass is 10.1. The van der Waals surface area contributed by atoms with E-state index in [9.17, 15) is 9.18 Å². The zero-order valence-corrected chi connectivity index (χ0v) is 9.41. The van der Waals surface area contributed by atoms with Crippen molar-refractivity contribution in [2.24, 2.45) is 5.92 Å². The van der Waals surface area contributed by atoms with Gasteiger partial charge in [0.05, 0.1) is 6.61 Å². The van der Waals surface area contributed by atoms with Gasteiger partial charge in [-0.1, -0.05) is 0 Å². The van der Waals surface area contributed by atoms with Gasteiger partial charge >= 0.3 is 0 Å². The second-order valence-electron chi connectivity index (χ2n) is 4.11. The summed E-state index contributed by atoms with van der Waals surface area (Å²) in [5.74, 6) is -0.265. The highest BCUT2D eigenvalue weighted by molar-refractivity contribution is 5.93. The van der Waals surface area contributed by atoms with E-state index in [2.05, 4.69) is 10.8 Å². The first-order valence-corrected chi connectivity index (χ1v) is 5.64. The number of carbonyl (C=O) groups excluding carboxylic acids is 1. The Morgan fingerprint density at radius 1 is 1.47 bits per heavy atom. The number of hydrogen-bond acceptors (Lipinski definition) is 3. The maximum absolute atomic E-state index is 12.6. The van der Waals surface area contributed by atoms with Gasteiger partial charge in [0.1, 0.15) is 5.82 Å². The number of carbonyl (C=O) groups is 1. The molecule has 1 amide bonds. The molecular formula is C12H15FN2O2. The van der Waals surface area contributed by atoms with E-state index in [1.165, 1.54) is 24.3 Å². The highest BCUT2D eigenvalue weighted by Crippen LogP contribution is 2.07. The molecule has 0 bridgehead atoms. The Morgan fingerprint density at radius 3 is 2.88 bits per heavy atom. The minimum absolute atomic E-state index is 0.351. The Bertz CT molecular complexity index is 375. The summed E-state index contributed by atoms with van der Waals surface area (Å²) in [7, 11) is 0. The van der Waals surface area contributed by atoms with Crippen LogP contribution in [0, 0.1) is 11.7 Å². The Balaban J connectivity index is 1.75. The summed E-state index contributed by atoms with van der Waals surface area (Å²) in [5.41, 5.74) is 2.74. The van der Waals surface area contributed by atoms with Crippen LogP contribution in [-0.4, -0.2) is 25.6 Å². The first-order chi connectivity index (χ1) is 8.25. The average molecular weight is 238 g/mol. The van der Waals surface area contributed by atoms with Gasteiger partial charge in [0.2, 0.25) is 0 Å². The van der Waals surface area contributed by atoms with E-state index in [0.717, 1.165) is 19.5 Å².